The summed E-state index contributed by atoms with van der Waals surface area (Å²) in [5.41, 5.74) is 1.50. The van der Waals surface area contributed by atoms with Crippen molar-refractivity contribution in [1.82, 2.24) is 0 Å². The Hall–Kier alpha value is -1.69. The van der Waals surface area contributed by atoms with Crippen LogP contribution >= 0.6 is 22.6 Å². The molecule has 0 atom stereocenters. The van der Waals surface area contributed by atoms with Gasteiger partial charge in [0.2, 0.25) is 0 Å². The number of benzene rings is 2. The fourth-order valence-electron chi connectivity index (χ4n) is 2.14. The molecule has 0 heterocycles. The molecule has 1 aliphatic carbocycles. The number of halogens is 1. The van der Waals surface area contributed by atoms with Crippen LogP contribution in [0.5, 0.6) is 5.75 Å². The van der Waals surface area contributed by atoms with E-state index in [0.29, 0.717) is 25.8 Å². The highest BCUT2D eigenvalue weighted by molar-refractivity contribution is 14.1. The highest BCUT2D eigenvalue weighted by Crippen LogP contribution is 2.34. The molecule has 0 spiro atoms. The van der Waals surface area contributed by atoms with Gasteiger partial charge in [0.1, 0.15) is 5.75 Å². The van der Waals surface area contributed by atoms with Gasteiger partial charge in [-0.3, -0.25) is 9.59 Å². The van der Waals surface area contributed by atoms with E-state index < -0.39 is 0 Å². The van der Waals surface area contributed by atoms with Gasteiger partial charge in [-0.05, 0) is 34.7 Å². The molecular formula is C14H7IO3. The number of phenolic OH excluding ortho intramolecular Hbond substituents is 1. The van der Waals surface area contributed by atoms with Crippen molar-refractivity contribution in [1.29, 1.82) is 0 Å². The summed E-state index contributed by atoms with van der Waals surface area (Å²) in [4.78, 5) is 24.6. The van der Waals surface area contributed by atoms with Gasteiger partial charge < -0.3 is 5.11 Å². The molecule has 0 aliphatic heterocycles. The van der Waals surface area contributed by atoms with Gasteiger partial charge in [0.25, 0.3) is 0 Å². The molecule has 0 aromatic heterocycles. The summed E-state index contributed by atoms with van der Waals surface area (Å²) < 4.78 is 0.429. The molecule has 0 amide bonds. The van der Waals surface area contributed by atoms with E-state index in [1.165, 1.54) is 12.1 Å². The highest BCUT2D eigenvalue weighted by Gasteiger charge is 2.31. The fraction of sp³-hybridized carbons (Fsp3) is 0. The third-order valence-corrected chi connectivity index (χ3v) is 4.10. The number of ketones is 2. The molecule has 4 heteroatoms. The number of fused-ring (bicyclic) bond motifs is 2. The van der Waals surface area contributed by atoms with Crippen LogP contribution in [-0.2, 0) is 0 Å². The molecule has 0 saturated carbocycles. The number of carbonyl (C=O) groups is 2. The van der Waals surface area contributed by atoms with E-state index in [-0.39, 0.29) is 17.3 Å². The minimum absolute atomic E-state index is 0.0230. The summed E-state index contributed by atoms with van der Waals surface area (Å²) in [6.07, 6.45) is 0. The van der Waals surface area contributed by atoms with Gasteiger partial charge in [0, 0.05) is 16.7 Å². The lowest BCUT2D eigenvalue weighted by atomic mass is 9.84. The van der Waals surface area contributed by atoms with Gasteiger partial charge in [-0.25, -0.2) is 0 Å². The van der Waals surface area contributed by atoms with Crippen molar-refractivity contribution in [2.45, 2.75) is 0 Å². The van der Waals surface area contributed by atoms with Gasteiger partial charge in [-0.2, -0.15) is 0 Å². The van der Waals surface area contributed by atoms with Crippen LogP contribution in [0.2, 0.25) is 0 Å². The zero-order valence-electron chi connectivity index (χ0n) is 9.11. The van der Waals surface area contributed by atoms with E-state index in [1.54, 1.807) is 24.3 Å². The third-order valence-electron chi connectivity index (χ3n) is 3.01. The number of hydrogen-bond donors (Lipinski definition) is 1. The number of carbonyl (C=O) groups excluding carboxylic acids is 2. The SMILES string of the molecule is O=C1c2ccccc2C(=O)c2c1ccc(O)c2I. The van der Waals surface area contributed by atoms with Crippen LogP contribution in [0, 0.1) is 3.57 Å². The molecule has 1 N–H and O–H groups in total. The molecule has 0 unspecified atom stereocenters. The summed E-state index contributed by atoms with van der Waals surface area (Å²) in [5.74, 6) is -0.353. The van der Waals surface area contributed by atoms with Crippen molar-refractivity contribution in [3.8, 4) is 5.75 Å². The lowest BCUT2D eigenvalue weighted by Crippen LogP contribution is -2.21. The Bertz CT molecular complexity index is 704. The van der Waals surface area contributed by atoms with Gasteiger partial charge in [-0.1, -0.05) is 24.3 Å². The molecule has 3 nitrogen and oxygen atoms in total. The van der Waals surface area contributed by atoms with Crippen LogP contribution in [0.25, 0.3) is 0 Å². The first-order valence-corrected chi connectivity index (χ1v) is 6.39. The maximum Gasteiger partial charge on any atom is 0.195 e. The Morgan fingerprint density at radius 1 is 0.833 bits per heavy atom. The minimum Gasteiger partial charge on any atom is -0.507 e. The number of phenols is 1. The largest absolute Gasteiger partial charge is 0.507 e. The van der Waals surface area contributed by atoms with Crippen LogP contribution in [-0.4, -0.2) is 16.7 Å². The summed E-state index contributed by atoms with van der Waals surface area (Å²) in [5, 5.41) is 9.66. The van der Waals surface area contributed by atoms with Gasteiger partial charge in [0.15, 0.2) is 11.6 Å². The topological polar surface area (TPSA) is 54.4 Å². The standard InChI is InChI=1S/C14H7IO3/c15-12-10(16)6-5-9-11(12)14(18)8-4-2-1-3-7(8)13(9)17/h1-6,16H. The van der Waals surface area contributed by atoms with E-state index in [2.05, 4.69) is 0 Å². The molecule has 2 aromatic carbocycles. The summed E-state index contributed by atoms with van der Waals surface area (Å²) in [6, 6.07) is 9.70. The van der Waals surface area contributed by atoms with Crippen molar-refractivity contribution in [2.24, 2.45) is 0 Å². The monoisotopic (exact) mass is 350 g/mol. The lowest BCUT2D eigenvalue weighted by Gasteiger charge is -2.18. The molecule has 2 aromatic rings. The van der Waals surface area contributed by atoms with Crippen molar-refractivity contribution in [2.75, 3.05) is 0 Å². The Kier molecular flexibility index (Phi) is 2.48. The fourth-order valence-corrected chi connectivity index (χ4v) is 2.85. The number of aromatic hydroxyl groups is 1. The van der Waals surface area contributed by atoms with E-state index in [9.17, 15) is 14.7 Å². The second-order valence-corrected chi connectivity index (χ2v) is 5.10. The van der Waals surface area contributed by atoms with Crippen molar-refractivity contribution in [3.05, 3.63) is 62.2 Å². The van der Waals surface area contributed by atoms with E-state index in [1.807, 2.05) is 22.6 Å². The predicted molar refractivity (Wildman–Crippen MR) is 74.1 cm³/mol. The first-order valence-electron chi connectivity index (χ1n) is 5.31. The van der Waals surface area contributed by atoms with Gasteiger partial charge in [-0.15, -0.1) is 0 Å². The molecule has 0 bridgehead atoms. The van der Waals surface area contributed by atoms with E-state index >= 15 is 0 Å². The summed E-state index contributed by atoms with van der Waals surface area (Å²) >= 11 is 1.89. The average molecular weight is 350 g/mol. The Morgan fingerprint density at radius 3 is 2.11 bits per heavy atom. The first kappa shape index (κ1) is 11.4. The summed E-state index contributed by atoms with van der Waals surface area (Å²) in [7, 11) is 0. The maximum absolute atomic E-state index is 12.4. The number of rotatable bonds is 0. The molecule has 0 fully saturated rings. The first-order chi connectivity index (χ1) is 8.61. The molecule has 18 heavy (non-hydrogen) atoms. The van der Waals surface area contributed by atoms with Crippen LogP contribution < -0.4 is 0 Å². The normalized spacial score (nSPS) is 13.2. The lowest BCUT2D eigenvalue weighted by molar-refractivity contribution is 0.0978. The van der Waals surface area contributed by atoms with Crippen LogP contribution in [0.15, 0.2) is 36.4 Å². The summed E-state index contributed by atoms with van der Waals surface area (Å²) in [6.45, 7) is 0. The zero-order chi connectivity index (χ0) is 12.9. The predicted octanol–water partition coefficient (Wildman–Crippen LogP) is 2.77. The Morgan fingerprint density at radius 2 is 1.44 bits per heavy atom. The van der Waals surface area contributed by atoms with Crippen LogP contribution in [0.4, 0.5) is 0 Å². The third kappa shape index (κ3) is 1.42. The quantitative estimate of drug-likeness (QED) is 0.635. The van der Waals surface area contributed by atoms with Gasteiger partial charge >= 0.3 is 0 Å². The van der Waals surface area contributed by atoms with Gasteiger partial charge in [0.05, 0.1) is 9.13 Å². The average Bonchev–Trinajstić information content (AvgIpc) is 2.39. The Labute approximate surface area is 117 Å². The van der Waals surface area contributed by atoms with Crippen molar-refractivity contribution in [3.63, 3.8) is 0 Å². The molecule has 0 saturated heterocycles. The second kappa shape index (κ2) is 3.91. The van der Waals surface area contributed by atoms with Crippen molar-refractivity contribution < 1.29 is 14.7 Å². The smallest absolute Gasteiger partial charge is 0.195 e. The van der Waals surface area contributed by atoms with Crippen molar-refractivity contribution >= 4 is 34.2 Å². The molecule has 3 rings (SSSR count). The highest BCUT2D eigenvalue weighted by atomic mass is 127. The van der Waals surface area contributed by atoms with E-state index in [4.69, 9.17) is 0 Å². The second-order valence-electron chi connectivity index (χ2n) is 4.03. The maximum atomic E-state index is 12.4. The van der Waals surface area contributed by atoms with E-state index in [0.717, 1.165) is 0 Å². The number of hydrogen-bond acceptors (Lipinski definition) is 3. The molecular weight excluding hydrogens is 343 g/mol. The Balaban J connectivity index is 2.38. The zero-order valence-corrected chi connectivity index (χ0v) is 11.3. The molecule has 88 valence electrons. The minimum atomic E-state index is -0.208. The van der Waals surface area contributed by atoms with Crippen LogP contribution in [0.1, 0.15) is 31.8 Å². The van der Waals surface area contributed by atoms with Crippen LogP contribution in [0.3, 0.4) is 0 Å². The molecule has 1 aliphatic rings. The molecule has 0 radical (unpaired) electrons.